The molecule has 0 aliphatic heterocycles. The first-order valence-electron chi connectivity index (χ1n) is 4.88. The average Bonchev–Trinajstić information content (AvgIpc) is 2.57. The molecule has 5 nitrogen and oxygen atoms in total. The van der Waals surface area contributed by atoms with Crippen LogP contribution in [-0.4, -0.2) is 19.9 Å². The summed E-state index contributed by atoms with van der Waals surface area (Å²) in [7, 11) is 0. The van der Waals surface area contributed by atoms with E-state index >= 15 is 0 Å². The molecule has 2 aromatic heterocycles. The Bertz CT molecular complexity index is 478. The van der Waals surface area contributed by atoms with Crippen molar-refractivity contribution in [3.63, 3.8) is 0 Å². The molecule has 7 heteroatoms. The van der Waals surface area contributed by atoms with E-state index in [1.165, 1.54) is 6.33 Å². The maximum Gasteiger partial charge on any atom is 0.148 e. The van der Waals surface area contributed by atoms with Crippen LogP contribution in [0.15, 0.2) is 12.5 Å². The Kier molecular flexibility index (Phi) is 4.72. The van der Waals surface area contributed by atoms with E-state index in [4.69, 9.17) is 11.6 Å². The molecule has 0 fully saturated rings. The van der Waals surface area contributed by atoms with Crippen molar-refractivity contribution in [1.82, 2.24) is 19.9 Å². The van der Waals surface area contributed by atoms with E-state index in [-0.39, 0.29) is 12.4 Å². The van der Waals surface area contributed by atoms with Gasteiger partial charge in [0.15, 0.2) is 0 Å². The zero-order valence-electron chi connectivity index (χ0n) is 9.49. The molecule has 2 aromatic rings. The summed E-state index contributed by atoms with van der Waals surface area (Å²) >= 11 is 5.91. The van der Waals surface area contributed by atoms with Gasteiger partial charge in [0.25, 0.3) is 0 Å². The molecule has 0 saturated carbocycles. The lowest BCUT2D eigenvalue weighted by molar-refractivity contribution is 0.972. The van der Waals surface area contributed by atoms with E-state index in [9.17, 15) is 0 Å². The second kappa shape index (κ2) is 5.84. The van der Waals surface area contributed by atoms with Crippen LogP contribution < -0.4 is 5.32 Å². The van der Waals surface area contributed by atoms with Crippen molar-refractivity contribution in [3.05, 3.63) is 34.8 Å². The summed E-state index contributed by atoms with van der Waals surface area (Å²) in [5.41, 5.74) is 2.08. The summed E-state index contributed by atoms with van der Waals surface area (Å²) in [5.74, 6) is 1.48. The summed E-state index contributed by atoms with van der Waals surface area (Å²) < 4.78 is 0. The number of imidazole rings is 1. The van der Waals surface area contributed by atoms with Gasteiger partial charge in [0, 0.05) is 5.69 Å². The van der Waals surface area contributed by atoms with Crippen molar-refractivity contribution in [2.45, 2.75) is 20.4 Å². The number of halogens is 2. The van der Waals surface area contributed by atoms with Gasteiger partial charge in [-0.3, -0.25) is 0 Å². The van der Waals surface area contributed by atoms with Gasteiger partial charge in [-0.2, -0.15) is 0 Å². The van der Waals surface area contributed by atoms with Crippen molar-refractivity contribution in [3.8, 4) is 0 Å². The van der Waals surface area contributed by atoms with E-state index in [1.54, 1.807) is 6.20 Å². The van der Waals surface area contributed by atoms with Gasteiger partial charge >= 0.3 is 0 Å². The van der Waals surface area contributed by atoms with Crippen molar-refractivity contribution >= 4 is 29.8 Å². The number of nitrogens with one attached hydrogen (secondary N) is 2. The lowest BCUT2D eigenvalue weighted by Gasteiger charge is -2.03. The molecular weight excluding hydrogens is 261 g/mol. The minimum Gasteiger partial charge on any atom is -0.362 e. The molecule has 0 bridgehead atoms. The van der Waals surface area contributed by atoms with Crippen LogP contribution >= 0.6 is 24.0 Å². The Balaban J connectivity index is 0.00000144. The third-order valence-corrected chi connectivity index (χ3v) is 2.54. The first-order valence-corrected chi connectivity index (χ1v) is 5.26. The minimum absolute atomic E-state index is 0. The number of nitrogens with zero attached hydrogens (tertiary/aromatic N) is 3. The van der Waals surface area contributed by atoms with Crippen LogP contribution in [0.2, 0.25) is 5.02 Å². The van der Waals surface area contributed by atoms with Crippen molar-refractivity contribution in [2.24, 2.45) is 0 Å². The van der Waals surface area contributed by atoms with Crippen molar-refractivity contribution < 1.29 is 0 Å². The Hall–Kier alpha value is -1.33. The van der Waals surface area contributed by atoms with E-state index in [0.29, 0.717) is 17.4 Å². The SMILES string of the molecule is Cc1nc(CNc2ncncc2Cl)[nH]c1C.Cl. The molecule has 0 aliphatic carbocycles. The highest BCUT2D eigenvalue weighted by molar-refractivity contribution is 6.32. The maximum atomic E-state index is 5.91. The molecule has 0 atom stereocenters. The second-order valence-electron chi connectivity index (χ2n) is 3.47. The molecule has 0 aliphatic rings. The first-order chi connectivity index (χ1) is 7.66. The van der Waals surface area contributed by atoms with E-state index in [0.717, 1.165) is 17.2 Å². The molecule has 2 heterocycles. The monoisotopic (exact) mass is 273 g/mol. The Morgan fingerprint density at radius 3 is 2.76 bits per heavy atom. The lowest BCUT2D eigenvalue weighted by Crippen LogP contribution is -2.03. The number of aryl methyl sites for hydroxylation is 2. The van der Waals surface area contributed by atoms with Gasteiger partial charge in [-0.15, -0.1) is 12.4 Å². The molecule has 0 spiro atoms. The number of H-pyrrole nitrogens is 1. The van der Waals surface area contributed by atoms with Gasteiger partial charge in [0.2, 0.25) is 0 Å². The summed E-state index contributed by atoms with van der Waals surface area (Å²) in [5, 5.41) is 3.60. The summed E-state index contributed by atoms with van der Waals surface area (Å²) in [6.45, 7) is 4.52. The average molecular weight is 274 g/mol. The van der Waals surface area contributed by atoms with Crippen LogP contribution in [0.1, 0.15) is 17.2 Å². The normalized spacial score (nSPS) is 9.82. The fourth-order valence-electron chi connectivity index (χ4n) is 1.32. The third kappa shape index (κ3) is 3.31. The highest BCUT2D eigenvalue weighted by atomic mass is 35.5. The number of rotatable bonds is 3. The topological polar surface area (TPSA) is 66.5 Å². The molecular formula is C10H13Cl2N5. The van der Waals surface area contributed by atoms with Gasteiger partial charge in [-0.25, -0.2) is 15.0 Å². The smallest absolute Gasteiger partial charge is 0.148 e. The summed E-state index contributed by atoms with van der Waals surface area (Å²) in [6, 6.07) is 0. The number of aromatic nitrogens is 4. The fourth-order valence-corrected chi connectivity index (χ4v) is 1.49. The molecule has 2 N–H and O–H groups in total. The van der Waals surface area contributed by atoms with Crippen LogP contribution in [0.3, 0.4) is 0 Å². The van der Waals surface area contributed by atoms with Crippen LogP contribution in [0.5, 0.6) is 0 Å². The van der Waals surface area contributed by atoms with Crippen molar-refractivity contribution in [2.75, 3.05) is 5.32 Å². The Morgan fingerprint density at radius 1 is 1.41 bits per heavy atom. The molecule has 0 saturated heterocycles. The summed E-state index contributed by atoms with van der Waals surface area (Å²) in [6.07, 6.45) is 3.00. The van der Waals surface area contributed by atoms with Gasteiger partial charge in [-0.05, 0) is 13.8 Å². The predicted octanol–water partition coefficient (Wildman–Crippen LogP) is 2.50. The Labute approximate surface area is 110 Å². The van der Waals surface area contributed by atoms with E-state index in [2.05, 4.69) is 25.3 Å². The number of hydrogen-bond acceptors (Lipinski definition) is 4. The molecule has 0 aromatic carbocycles. The van der Waals surface area contributed by atoms with Crippen molar-refractivity contribution in [1.29, 1.82) is 0 Å². The minimum atomic E-state index is 0. The Morgan fingerprint density at radius 2 is 2.18 bits per heavy atom. The third-order valence-electron chi connectivity index (χ3n) is 2.27. The quantitative estimate of drug-likeness (QED) is 0.902. The lowest BCUT2D eigenvalue weighted by atomic mass is 10.4. The van der Waals surface area contributed by atoms with Gasteiger partial charge in [0.05, 0.1) is 18.4 Å². The van der Waals surface area contributed by atoms with E-state index in [1.807, 2.05) is 13.8 Å². The van der Waals surface area contributed by atoms with E-state index < -0.39 is 0 Å². The molecule has 0 amide bonds. The van der Waals surface area contributed by atoms with Crippen LogP contribution in [0, 0.1) is 13.8 Å². The van der Waals surface area contributed by atoms with Gasteiger partial charge < -0.3 is 10.3 Å². The molecule has 17 heavy (non-hydrogen) atoms. The van der Waals surface area contributed by atoms with Gasteiger partial charge in [0.1, 0.15) is 23.0 Å². The van der Waals surface area contributed by atoms with Crippen LogP contribution in [0.25, 0.3) is 0 Å². The van der Waals surface area contributed by atoms with Crippen LogP contribution in [-0.2, 0) is 6.54 Å². The summed E-state index contributed by atoms with van der Waals surface area (Å²) in [4.78, 5) is 15.4. The first kappa shape index (κ1) is 13.7. The molecule has 0 radical (unpaired) electrons. The number of aromatic amines is 1. The molecule has 2 rings (SSSR count). The van der Waals surface area contributed by atoms with Gasteiger partial charge in [-0.1, -0.05) is 11.6 Å². The van der Waals surface area contributed by atoms with Crippen LogP contribution in [0.4, 0.5) is 5.82 Å². The zero-order valence-corrected chi connectivity index (χ0v) is 11.1. The second-order valence-corrected chi connectivity index (χ2v) is 3.87. The number of anilines is 1. The highest BCUT2D eigenvalue weighted by Crippen LogP contribution is 2.16. The predicted molar refractivity (Wildman–Crippen MR) is 69.7 cm³/mol. The maximum absolute atomic E-state index is 5.91. The number of hydrogen-bond donors (Lipinski definition) is 2. The highest BCUT2D eigenvalue weighted by Gasteiger charge is 2.04. The fraction of sp³-hybridized carbons (Fsp3) is 0.300. The standard InChI is InChI=1S/C10H12ClN5.ClH/c1-6-7(2)16-9(15-6)4-13-10-8(11)3-12-5-14-10;/h3,5H,4H2,1-2H3,(H,15,16)(H,12,13,14);1H. The molecule has 0 unspecified atom stereocenters. The largest absolute Gasteiger partial charge is 0.362 e. The molecule has 92 valence electrons. The zero-order chi connectivity index (χ0) is 11.5.